The maximum absolute atomic E-state index is 12.8. The van der Waals surface area contributed by atoms with Gasteiger partial charge in [-0.05, 0) is 48.9 Å². The molecule has 3 rings (SSSR count). The summed E-state index contributed by atoms with van der Waals surface area (Å²) in [6.45, 7) is 1.88. The highest BCUT2D eigenvalue weighted by Gasteiger charge is 2.46. The maximum Gasteiger partial charge on any atom is 0.295 e. The van der Waals surface area contributed by atoms with Crippen molar-refractivity contribution < 1.29 is 34.4 Å². The summed E-state index contributed by atoms with van der Waals surface area (Å²) in [5, 5.41) is 30.2. The molecule has 1 atom stereocenters. The highest BCUT2D eigenvalue weighted by molar-refractivity contribution is 6.46. The molecule has 8 heteroatoms. The fourth-order valence-corrected chi connectivity index (χ4v) is 3.46. The number of amides is 1. The van der Waals surface area contributed by atoms with Gasteiger partial charge in [0.05, 0.1) is 31.9 Å². The van der Waals surface area contributed by atoms with E-state index in [1.165, 1.54) is 30.2 Å². The van der Waals surface area contributed by atoms with Crippen molar-refractivity contribution in [2.45, 2.75) is 13.0 Å². The number of methoxy groups -OCH3 is 1. The molecule has 1 amide bonds. The first kappa shape index (κ1) is 21.2. The molecule has 0 radical (unpaired) electrons. The van der Waals surface area contributed by atoms with Crippen LogP contribution in [0.15, 0.2) is 48.0 Å². The molecule has 30 heavy (non-hydrogen) atoms. The van der Waals surface area contributed by atoms with Crippen LogP contribution in [-0.4, -0.2) is 58.8 Å². The van der Waals surface area contributed by atoms with Gasteiger partial charge in [-0.1, -0.05) is 6.07 Å². The third-order valence-electron chi connectivity index (χ3n) is 4.84. The highest BCUT2D eigenvalue weighted by Crippen LogP contribution is 2.41. The fraction of sp³-hybridized carbons (Fsp3) is 0.273. The molecule has 0 saturated carbocycles. The Morgan fingerprint density at radius 1 is 1.13 bits per heavy atom. The molecule has 2 aromatic rings. The Morgan fingerprint density at radius 2 is 1.83 bits per heavy atom. The number of hydrogen-bond acceptors (Lipinski definition) is 7. The number of phenols is 1. The number of aliphatic hydroxyl groups excluding tert-OH is 2. The Bertz CT molecular complexity index is 981. The van der Waals surface area contributed by atoms with Crippen LogP contribution in [0.25, 0.3) is 5.76 Å². The van der Waals surface area contributed by atoms with Crippen molar-refractivity contribution in [3.05, 3.63) is 59.2 Å². The highest BCUT2D eigenvalue weighted by atomic mass is 16.5. The van der Waals surface area contributed by atoms with E-state index in [-0.39, 0.29) is 36.0 Å². The second kappa shape index (κ2) is 8.87. The number of carbonyl (C=O) groups is 2. The third kappa shape index (κ3) is 3.81. The van der Waals surface area contributed by atoms with Gasteiger partial charge in [-0.25, -0.2) is 0 Å². The van der Waals surface area contributed by atoms with E-state index in [0.29, 0.717) is 23.5 Å². The van der Waals surface area contributed by atoms with Crippen molar-refractivity contribution in [2.75, 3.05) is 26.9 Å². The van der Waals surface area contributed by atoms with Gasteiger partial charge in [-0.3, -0.25) is 9.59 Å². The van der Waals surface area contributed by atoms with Crippen LogP contribution in [0.3, 0.4) is 0 Å². The number of β-amino-alcohol motifs (C(OH)–C–C–N with tert-alkyl or cyclic N) is 1. The first-order valence-corrected chi connectivity index (χ1v) is 9.42. The van der Waals surface area contributed by atoms with Gasteiger partial charge >= 0.3 is 0 Å². The lowest BCUT2D eigenvalue weighted by atomic mass is 9.95. The number of hydrogen-bond donors (Lipinski definition) is 3. The van der Waals surface area contributed by atoms with E-state index in [0.717, 1.165) is 0 Å². The predicted molar refractivity (Wildman–Crippen MR) is 108 cm³/mol. The smallest absolute Gasteiger partial charge is 0.295 e. The molecule has 0 bridgehead atoms. The van der Waals surface area contributed by atoms with Crippen LogP contribution in [-0.2, 0) is 9.59 Å². The quantitative estimate of drug-likeness (QED) is 0.362. The van der Waals surface area contributed by atoms with Crippen LogP contribution in [0.2, 0.25) is 0 Å². The van der Waals surface area contributed by atoms with Crippen molar-refractivity contribution in [1.29, 1.82) is 0 Å². The first-order chi connectivity index (χ1) is 14.4. The van der Waals surface area contributed by atoms with Crippen LogP contribution in [0.1, 0.15) is 24.1 Å². The van der Waals surface area contributed by atoms with Crippen molar-refractivity contribution in [1.82, 2.24) is 4.90 Å². The Labute approximate surface area is 173 Å². The standard InChI is InChI=1S/C22H23NO7/c1-3-30-15-7-4-13(5-8-15)20(26)18-19(23(10-11-24)22(28)21(18)27)14-6-9-16(25)17(12-14)29-2/h4-9,12,19,24-26H,3,10-11H2,1-2H3/b20-18-. The first-order valence-electron chi connectivity index (χ1n) is 9.42. The number of ketones is 1. The molecule has 1 aliphatic rings. The monoisotopic (exact) mass is 413 g/mol. The SMILES string of the molecule is CCOc1ccc(/C(O)=C2/C(=O)C(=O)N(CCO)C2c2ccc(O)c(OC)c2)cc1. The Balaban J connectivity index is 2.14. The van der Waals surface area contributed by atoms with Crippen molar-refractivity contribution >= 4 is 17.4 Å². The largest absolute Gasteiger partial charge is 0.507 e. The van der Waals surface area contributed by atoms with Crippen LogP contribution in [0.4, 0.5) is 0 Å². The number of Topliss-reactive ketones (excluding diaryl/α,β-unsaturated/α-hetero) is 1. The van der Waals surface area contributed by atoms with Crippen LogP contribution in [0.5, 0.6) is 17.2 Å². The van der Waals surface area contributed by atoms with Gasteiger partial charge in [0.1, 0.15) is 11.5 Å². The molecular formula is C22H23NO7. The minimum Gasteiger partial charge on any atom is -0.507 e. The minimum atomic E-state index is -0.946. The number of phenolic OH excluding ortho intramolecular Hbond substituents is 1. The Kier molecular flexibility index (Phi) is 6.27. The lowest BCUT2D eigenvalue weighted by molar-refractivity contribution is -0.140. The second-order valence-corrected chi connectivity index (χ2v) is 6.60. The fourth-order valence-electron chi connectivity index (χ4n) is 3.46. The number of aliphatic hydroxyl groups is 2. The summed E-state index contributed by atoms with van der Waals surface area (Å²) >= 11 is 0. The van der Waals surface area contributed by atoms with Gasteiger partial charge in [-0.2, -0.15) is 0 Å². The number of carbonyl (C=O) groups excluding carboxylic acids is 2. The number of ether oxygens (including phenoxy) is 2. The van der Waals surface area contributed by atoms with Crippen LogP contribution >= 0.6 is 0 Å². The molecule has 2 aromatic carbocycles. The lowest BCUT2D eigenvalue weighted by Gasteiger charge is -2.25. The van der Waals surface area contributed by atoms with Gasteiger partial charge in [0.15, 0.2) is 11.5 Å². The van der Waals surface area contributed by atoms with Crippen LogP contribution < -0.4 is 9.47 Å². The average molecular weight is 413 g/mol. The number of benzene rings is 2. The van der Waals surface area contributed by atoms with Crippen LogP contribution in [0, 0.1) is 0 Å². The zero-order chi connectivity index (χ0) is 21.8. The van der Waals surface area contributed by atoms with E-state index < -0.39 is 17.7 Å². The van der Waals surface area contributed by atoms with E-state index in [1.54, 1.807) is 24.3 Å². The molecule has 1 fully saturated rings. The van der Waals surface area contributed by atoms with Crippen molar-refractivity contribution in [2.24, 2.45) is 0 Å². The normalized spacial score (nSPS) is 18.0. The third-order valence-corrected chi connectivity index (χ3v) is 4.84. The summed E-state index contributed by atoms with van der Waals surface area (Å²) < 4.78 is 10.5. The topological polar surface area (TPSA) is 117 Å². The molecule has 0 aliphatic carbocycles. The summed E-state index contributed by atoms with van der Waals surface area (Å²) in [4.78, 5) is 26.6. The molecule has 0 spiro atoms. The molecule has 1 saturated heterocycles. The van der Waals surface area contributed by atoms with Gasteiger partial charge < -0.3 is 29.7 Å². The van der Waals surface area contributed by atoms with E-state index >= 15 is 0 Å². The summed E-state index contributed by atoms with van der Waals surface area (Å²) in [6, 6.07) is 9.94. The Morgan fingerprint density at radius 3 is 2.43 bits per heavy atom. The van der Waals surface area contributed by atoms with E-state index in [2.05, 4.69) is 0 Å². The summed E-state index contributed by atoms with van der Waals surface area (Å²) in [5.41, 5.74) is 0.686. The van der Waals surface area contributed by atoms with Gasteiger partial charge in [0.25, 0.3) is 11.7 Å². The molecular weight excluding hydrogens is 390 g/mol. The lowest BCUT2D eigenvalue weighted by Crippen LogP contribution is -2.32. The van der Waals surface area contributed by atoms with Gasteiger partial charge in [-0.15, -0.1) is 0 Å². The zero-order valence-electron chi connectivity index (χ0n) is 16.7. The number of likely N-dealkylation sites (tertiary alicyclic amines) is 1. The molecule has 1 heterocycles. The van der Waals surface area contributed by atoms with Crippen molar-refractivity contribution in [3.8, 4) is 17.2 Å². The summed E-state index contributed by atoms with van der Waals surface area (Å²) in [6.07, 6.45) is 0. The molecule has 158 valence electrons. The van der Waals surface area contributed by atoms with Crippen molar-refractivity contribution in [3.63, 3.8) is 0 Å². The molecule has 1 unspecified atom stereocenters. The molecule has 3 N–H and O–H groups in total. The van der Waals surface area contributed by atoms with E-state index in [1.807, 2.05) is 6.92 Å². The van der Waals surface area contributed by atoms with Gasteiger partial charge in [0.2, 0.25) is 0 Å². The second-order valence-electron chi connectivity index (χ2n) is 6.60. The average Bonchev–Trinajstić information content (AvgIpc) is 3.00. The molecule has 8 nitrogen and oxygen atoms in total. The number of nitrogens with zero attached hydrogens (tertiary/aromatic N) is 1. The zero-order valence-corrected chi connectivity index (χ0v) is 16.7. The summed E-state index contributed by atoms with van der Waals surface area (Å²) in [7, 11) is 1.38. The van der Waals surface area contributed by atoms with E-state index in [9.17, 15) is 24.9 Å². The molecule has 1 aliphatic heterocycles. The summed E-state index contributed by atoms with van der Waals surface area (Å²) in [5.74, 6) is -1.36. The minimum absolute atomic E-state index is 0.0987. The maximum atomic E-state index is 12.8. The number of rotatable bonds is 7. The number of aromatic hydroxyl groups is 1. The van der Waals surface area contributed by atoms with E-state index in [4.69, 9.17) is 9.47 Å². The predicted octanol–water partition coefficient (Wildman–Crippen LogP) is 2.21. The van der Waals surface area contributed by atoms with Gasteiger partial charge in [0, 0.05) is 12.1 Å². The molecule has 0 aromatic heterocycles. The Hall–Kier alpha value is -3.52.